The molecule has 0 fully saturated rings. The summed E-state index contributed by atoms with van der Waals surface area (Å²) in [5, 5.41) is 12.9. The molecule has 0 aliphatic rings. The third-order valence-electron chi connectivity index (χ3n) is 3.92. The van der Waals surface area contributed by atoms with Crippen molar-refractivity contribution in [3.05, 3.63) is 61.4 Å². The summed E-state index contributed by atoms with van der Waals surface area (Å²) in [5.41, 5.74) is 1.61. The highest BCUT2D eigenvalue weighted by atomic mass is 79.9. The van der Waals surface area contributed by atoms with Gasteiger partial charge in [0.15, 0.2) is 5.82 Å². The molecule has 0 radical (unpaired) electrons. The molecule has 3 aromatic rings. The normalized spacial score (nSPS) is 12.2. The van der Waals surface area contributed by atoms with E-state index in [4.69, 9.17) is 34.8 Å². The second-order valence-electron chi connectivity index (χ2n) is 5.98. The molecule has 2 heterocycles. The number of carbonyl (C=O) groups is 1. The van der Waals surface area contributed by atoms with Gasteiger partial charge in [0, 0.05) is 12.4 Å². The molecule has 0 spiro atoms. The number of aryl methyl sites for hydroxylation is 1. The first-order valence-electron chi connectivity index (χ1n) is 7.93. The van der Waals surface area contributed by atoms with Gasteiger partial charge in [-0.25, -0.2) is 0 Å². The lowest BCUT2D eigenvalue weighted by atomic mass is 10.2. The quantitative estimate of drug-likeness (QED) is 0.523. The number of anilines is 1. The molecule has 6 nitrogen and oxygen atoms in total. The monoisotopic (exact) mass is 489 g/mol. The number of carbonyl (C=O) groups excluding carboxylic acids is 1. The molecule has 1 unspecified atom stereocenters. The molecule has 2 aromatic heterocycles. The Morgan fingerprint density at radius 3 is 2.56 bits per heavy atom. The Hall–Kier alpha value is -1.54. The third-order valence-corrected chi connectivity index (χ3v) is 5.61. The van der Waals surface area contributed by atoms with Crippen LogP contribution in [-0.4, -0.2) is 25.5 Å². The molecule has 0 saturated heterocycles. The van der Waals surface area contributed by atoms with Gasteiger partial charge in [0.1, 0.15) is 6.04 Å². The highest BCUT2D eigenvalue weighted by Gasteiger charge is 2.19. The molecule has 1 atom stereocenters. The fourth-order valence-corrected chi connectivity index (χ4v) is 3.26. The second kappa shape index (κ2) is 8.22. The van der Waals surface area contributed by atoms with E-state index in [0.29, 0.717) is 37.6 Å². The Morgan fingerprint density at radius 2 is 1.93 bits per heavy atom. The number of amides is 1. The average molecular weight is 492 g/mol. The van der Waals surface area contributed by atoms with Gasteiger partial charge >= 0.3 is 0 Å². The maximum atomic E-state index is 12.5. The van der Waals surface area contributed by atoms with E-state index in [1.807, 2.05) is 6.07 Å². The number of benzene rings is 1. The highest BCUT2D eigenvalue weighted by molar-refractivity contribution is 9.10. The van der Waals surface area contributed by atoms with Gasteiger partial charge in [0.05, 0.1) is 31.8 Å². The van der Waals surface area contributed by atoms with Crippen LogP contribution in [-0.2, 0) is 11.3 Å². The lowest BCUT2D eigenvalue weighted by molar-refractivity contribution is -0.119. The van der Waals surface area contributed by atoms with Crippen LogP contribution in [0.4, 0.5) is 5.82 Å². The number of aromatic nitrogens is 4. The molecule has 0 bridgehead atoms. The Balaban J connectivity index is 1.72. The lowest BCUT2D eigenvalue weighted by Gasteiger charge is -2.11. The van der Waals surface area contributed by atoms with Crippen LogP contribution in [0, 0.1) is 6.92 Å². The summed E-state index contributed by atoms with van der Waals surface area (Å²) in [6, 6.07) is 4.85. The second-order valence-corrected chi connectivity index (χ2v) is 8.06. The van der Waals surface area contributed by atoms with E-state index in [0.717, 1.165) is 5.56 Å². The number of hydrogen-bond donors (Lipinski definition) is 1. The zero-order chi connectivity index (χ0) is 19.7. The number of halogens is 4. The maximum Gasteiger partial charge on any atom is 0.250 e. The van der Waals surface area contributed by atoms with Crippen LogP contribution in [0.2, 0.25) is 15.1 Å². The average Bonchev–Trinajstić information content (AvgIpc) is 3.12. The van der Waals surface area contributed by atoms with Crippen LogP contribution in [0.1, 0.15) is 24.2 Å². The Labute approximate surface area is 179 Å². The van der Waals surface area contributed by atoms with E-state index in [-0.39, 0.29) is 5.91 Å². The molecule has 0 aliphatic heterocycles. The van der Waals surface area contributed by atoms with Gasteiger partial charge in [-0.1, -0.05) is 40.9 Å². The van der Waals surface area contributed by atoms with Gasteiger partial charge in [-0.05, 0) is 47.5 Å². The molecule has 1 aromatic carbocycles. The van der Waals surface area contributed by atoms with E-state index in [1.54, 1.807) is 43.1 Å². The molecule has 0 saturated carbocycles. The van der Waals surface area contributed by atoms with Crippen LogP contribution in [0.3, 0.4) is 0 Å². The Morgan fingerprint density at radius 1 is 1.19 bits per heavy atom. The zero-order valence-corrected chi connectivity index (χ0v) is 18.2. The number of hydrogen-bond acceptors (Lipinski definition) is 3. The van der Waals surface area contributed by atoms with Crippen LogP contribution in [0.5, 0.6) is 0 Å². The molecule has 10 heteroatoms. The van der Waals surface area contributed by atoms with Crippen LogP contribution < -0.4 is 5.32 Å². The SMILES string of the molecule is Cc1nn(C(C)C(=O)Nc2nn(Cc3ccc(Cl)c(Cl)c3)cc2Br)cc1Cl. The van der Waals surface area contributed by atoms with E-state index in [9.17, 15) is 4.79 Å². The minimum atomic E-state index is -0.539. The first-order valence-corrected chi connectivity index (χ1v) is 9.86. The van der Waals surface area contributed by atoms with Crippen molar-refractivity contribution in [2.75, 3.05) is 5.32 Å². The van der Waals surface area contributed by atoms with Crippen molar-refractivity contribution in [2.24, 2.45) is 0 Å². The van der Waals surface area contributed by atoms with Crippen molar-refractivity contribution in [1.29, 1.82) is 0 Å². The summed E-state index contributed by atoms with van der Waals surface area (Å²) < 4.78 is 3.88. The minimum absolute atomic E-state index is 0.255. The molecule has 0 aliphatic carbocycles. The van der Waals surface area contributed by atoms with Crippen LogP contribution in [0.15, 0.2) is 35.1 Å². The first kappa shape index (κ1) is 20.2. The molecule has 1 amide bonds. The zero-order valence-electron chi connectivity index (χ0n) is 14.4. The number of nitrogens with one attached hydrogen (secondary N) is 1. The van der Waals surface area contributed by atoms with Gasteiger partial charge < -0.3 is 5.32 Å². The van der Waals surface area contributed by atoms with Crippen molar-refractivity contribution >= 4 is 62.5 Å². The van der Waals surface area contributed by atoms with Gasteiger partial charge in [0.2, 0.25) is 5.91 Å². The molecule has 3 rings (SSSR count). The van der Waals surface area contributed by atoms with Crippen molar-refractivity contribution in [1.82, 2.24) is 19.6 Å². The van der Waals surface area contributed by atoms with Crippen LogP contribution in [0.25, 0.3) is 0 Å². The van der Waals surface area contributed by atoms with E-state index < -0.39 is 6.04 Å². The smallest absolute Gasteiger partial charge is 0.250 e. The Bertz CT molecular complexity index is 981. The summed E-state index contributed by atoms with van der Waals surface area (Å²) in [6.07, 6.45) is 3.40. The van der Waals surface area contributed by atoms with Crippen molar-refractivity contribution in [2.45, 2.75) is 26.4 Å². The molecular formula is C17H15BrCl3N5O. The minimum Gasteiger partial charge on any atom is -0.306 e. The summed E-state index contributed by atoms with van der Waals surface area (Å²) in [4.78, 5) is 12.5. The lowest BCUT2D eigenvalue weighted by Crippen LogP contribution is -2.24. The Kier molecular flexibility index (Phi) is 6.15. The predicted octanol–water partition coefficient (Wildman–Crippen LogP) is 5.36. The summed E-state index contributed by atoms with van der Waals surface area (Å²) in [7, 11) is 0. The maximum absolute atomic E-state index is 12.5. The van der Waals surface area contributed by atoms with Gasteiger partial charge in [0.25, 0.3) is 0 Å². The fraction of sp³-hybridized carbons (Fsp3) is 0.235. The van der Waals surface area contributed by atoms with Gasteiger partial charge in [-0.2, -0.15) is 10.2 Å². The highest BCUT2D eigenvalue weighted by Crippen LogP contribution is 2.25. The predicted molar refractivity (Wildman–Crippen MR) is 111 cm³/mol. The molecular weight excluding hydrogens is 476 g/mol. The van der Waals surface area contributed by atoms with E-state index in [2.05, 4.69) is 31.4 Å². The molecule has 27 heavy (non-hydrogen) atoms. The summed E-state index contributed by atoms with van der Waals surface area (Å²) >= 11 is 21.4. The van der Waals surface area contributed by atoms with Crippen molar-refractivity contribution in [3.63, 3.8) is 0 Å². The fourth-order valence-electron chi connectivity index (χ4n) is 2.39. The first-order chi connectivity index (χ1) is 12.7. The molecule has 142 valence electrons. The van der Waals surface area contributed by atoms with Gasteiger partial charge in [-0.15, -0.1) is 0 Å². The standard InChI is InChI=1S/C17H15BrCl3N5O/c1-9-15(21)8-26(23-9)10(2)17(27)22-16-12(18)7-25(24-16)6-11-3-4-13(19)14(20)5-11/h3-5,7-8,10H,6H2,1-2H3,(H,22,24,27). The largest absolute Gasteiger partial charge is 0.306 e. The number of rotatable bonds is 5. The summed E-state index contributed by atoms with van der Waals surface area (Å²) in [5.74, 6) is 0.163. The molecule has 1 N–H and O–H groups in total. The topological polar surface area (TPSA) is 64.7 Å². The summed E-state index contributed by atoms with van der Waals surface area (Å²) in [6.45, 7) is 4.00. The van der Waals surface area contributed by atoms with Crippen molar-refractivity contribution in [3.8, 4) is 0 Å². The van der Waals surface area contributed by atoms with Crippen LogP contribution >= 0.6 is 50.7 Å². The number of nitrogens with zero attached hydrogens (tertiary/aromatic N) is 4. The third kappa shape index (κ3) is 4.66. The van der Waals surface area contributed by atoms with Crippen molar-refractivity contribution < 1.29 is 4.79 Å². The van der Waals surface area contributed by atoms with E-state index >= 15 is 0 Å². The van der Waals surface area contributed by atoms with Gasteiger partial charge in [-0.3, -0.25) is 14.2 Å². The van der Waals surface area contributed by atoms with E-state index in [1.165, 1.54) is 4.68 Å².